The Bertz CT molecular complexity index is 933. The number of benzene rings is 2. The summed E-state index contributed by atoms with van der Waals surface area (Å²) in [4.78, 5) is 37.0. The number of anilines is 2. The molecule has 29 heavy (non-hydrogen) atoms. The van der Waals surface area contributed by atoms with Crippen molar-refractivity contribution in [3.05, 3.63) is 62.7 Å². The average Bonchev–Trinajstić information content (AvgIpc) is 2.67. The number of carbonyl (C=O) groups excluding carboxylic acids is 2. The van der Waals surface area contributed by atoms with Gasteiger partial charge in [0.15, 0.2) is 0 Å². The fourth-order valence-corrected chi connectivity index (χ4v) is 2.81. The minimum atomic E-state index is -0.595. The van der Waals surface area contributed by atoms with Crippen LogP contribution in [0.15, 0.2) is 36.4 Å². The molecule has 0 spiro atoms. The second-order valence-corrected chi connectivity index (χ2v) is 6.66. The van der Waals surface area contributed by atoms with E-state index < -0.39 is 10.8 Å². The molecule has 0 aliphatic carbocycles. The minimum Gasteiger partial charge on any atom is -0.383 e. The quantitative estimate of drug-likeness (QED) is 0.385. The number of carbonyl (C=O) groups is 2. The first-order chi connectivity index (χ1) is 13.7. The van der Waals surface area contributed by atoms with Gasteiger partial charge in [0, 0.05) is 51.3 Å². The fraction of sp³-hybridized carbons (Fsp3) is 0.263. The van der Waals surface area contributed by atoms with E-state index in [2.05, 4.69) is 10.6 Å². The number of rotatable bonds is 8. The van der Waals surface area contributed by atoms with Crippen molar-refractivity contribution in [2.24, 2.45) is 0 Å². The van der Waals surface area contributed by atoms with Crippen LogP contribution in [0.5, 0.6) is 0 Å². The van der Waals surface area contributed by atoms with Crippen LogP contribution in [0, 0.1) is 10.1 Å². The number of nitrogens with one attached hydrogen (secondary N) is 2. The van der Waals surface area contributed by atoms with Crippen LogP contribution in [0.2, 0.25) is 5.02 Å². The van der Waals surface area contributed by atoms with Crippen LogP contribution in [0.1, 0.15) is 20.7 Å². The van der Waals surface area contributed by atoms with Gasteiger partial charge >= 0.3 is 0 Å². The monoisotopic (exact) mass is 420 g/mol. The number of nitrogens with zero attached hydrogens (tertiary/aromatic N) is 2. The standard InChI is InChI=1S/C19H21ClN4O5/c1-23(2)17-7-4-12(10-15(17)18(25)21-8-9-29-3)22-19(26)14-6-5-13(24(27)28)11-16(14)20/h4-7,10-11H,8-9H2,1-3H3,(H,21,25)(H,22,26). The maximum atomic E-state index is 12.5. The number of nitro benzene ring substituents is 1. The zero-order valence-electron chi connectivity index (χ0n) is 16.2. The van der Waals surface area contributed by atoms with Gasteiger partial charge < -0.3 is 20.3 Å². The second-order valence-electron chi connectivity index (χ2n) is 6.25. The van der Waals surface area contributed by atoms with Crippen LogP contribution in [-0.4, -0.2) is 51.1 Å². The van der Waals surface area contributed by atoms with Gasteiger partial charge in [-0.25, -0.2) is 0 Å². The SMILES string of the molecule is COCCNC(=O)c1cc(NC(=O)c2ccc([N+](=O)[O-])cc2Cl)ccc1N(C)C. The molecule has 2 aromatic rings. The molecule has 0 radical (unpaired) electrons. The Morgan fingerprint density at radius 2 is 1.86 bits per heavy atom. The molecule has 154 valence electrons. The molecule has 0 heterocycles. The van der Waals surface area contributed by atoms with Gasteiger partial charge in [-0.3, -0.25) is 19.7 Å². The number of amides is 2. The van der Waals surface area contributed by atoms with Gasteiger partial charge in [-0.15, -0.1) is 0 Å². The molecule has 0 fully saturated rings. The lowest BCUT2D eigenvalue weighted by molar-refractivity contribution is -0.384. The number of methoxy groups -OCH3 is 1. The summed E-state index contributed by atoms with van der Waals surface area (Å²) in [6, 6.07) is 8.50. The molecule has 0 atom stereocenters. The summed E-state index contributed by atoms with van der Waals surface area (Å²) in [7, 11) is 5.14. The van der Waals surface area contributed by atoms with Crippen LogP contribution in [0.25, 0.3) is 0 Å². The topological polar surface area (TPSA) is 114 Å². The Balaban J connectivity index is 2.26. The van der Waals surface area contributed by atoms with Gasteiger partial charge in [0.25, 0.3) is 17.5 Å². The van der Waals surface area contributed by atoms with Crippen molar-refractivity contribution in [2.75, 3.05) is 44.6 Å². The average molecular weight is 421 g/mol. The lowest BCUT2D eigenvalue weighted by Crippen LogP contribution is -2.28. The summed E-state index contributed by atoms with van der Waals surface area (Å²) < 4.78 is 4.93. The van der Waals surface area contributed by atoms with Crippen LogP contribution < -0.4 is 15.5 Å². The third-order valence-electron chi connectivity index (χ3n) is 3.98. The second kappa shape index (κ2) is 9.85. The van der Waals surface area contributed by atoms with E-state index in [1.54, 1.807) is 37.2 Å². The molecular weight excluding hydrogens is 400 g/mol. The van der Waals surface area contributed by atoms with Crippen molar-refractivity contribution < 1.29 is 19.2 Å². The summed E-state index contributed by atoms with van der Waals surface area (Å²) in [5, 5.41) is 16.2. The Labute approximate surface area is 172 Å². The van der Waals surface area contributed by atoms with E-state index in [0.717, 1.165) is 6.07 Å². The number of non-ortho nitro benzene ring substituents is 1. The largest absolute Gasteiger partial charge is 0.383 e. The first-order valence-electron chi connectivity index (χ1n) is 8.58. The number of nitro groups is 1. The van der Waals surface area contributed by atoms with Crippen molar-refractivity contribution in [2.45, 2.75) is 0 Å². The Kier molecular flexibility index (Phi) is 7.52. The Hall–Kier alpha value is -3.17. The Morgan fingerprint density at radius 3 is 2.45 bits per heavy atom. The van der Waals surface area contributed by atoms with Crippen LogP contribution in [0.4, 0.5) is 17.1 Å². The number of halogens is 1. The molecule has 2 rings (SSSR count). The molecule has 10 heteroatoms. The van der Waals surface area contributed by atoms with Gasteiger partial charge in [-0.1, -0.05) is 11.6 Å². The van der Waals surface area contributed by atoms with Gasteiger partial charge in [-0.2, -0.15) is 0 Å². The maximum absolute atomic E-state index is 12.5. The summed E-state index contributed by atoms with van der Waals surface area (Å²) in [5.41, 5.74) is 1.30. The molecule has 0 saturated carbocycles. The van der Waals surface area contributed by atoms with Crippen molar-refractivity contribution in [1.82, 2.24) is 5.32 Å². The van der Waals surface area contributed by atoms with E-state index >= 15 is 0 Å². The van der Waals surface area contributed by atoms with Gasteiger partial charge in [0.05, 0.1) is 27.7 Å². The van der Waals surface area contributed by atoms with Gasteiger partial charge in [-0.05, 0) is 24.3 Å². The molecule has 2 aromatic carbocycles. The normalized spacial score (nSPS) is 10.3. The van der Waals surface area contributed by atoms with E-state index in [-0.39, 0.29) is 22.2 Å². The summed E-state index contributed by atoms with van der Waals surface area (Å²) in [5.74, 6) is -0.858. The lowest BCUT2D eigenvalue weighted by Gasteiger charge is -2.18. The third kappa shape index (κ3) is 5.66. The van der Waals surface area contributed by atoms with Gasteiger partial charge in [0.2, 0.25) is 0 Å². The molecule has 0 aliphatic rings. The summed E-state index contributed by atoms with van der Waals surface area (Å²) >= 11 is 6.01. The van der Waals surface area contributed by atoms with Crippen LogP contribution >= 0.6 is 11.6 Å². The predicted octanol–water partition coefficient (Wildman–Crippen LogP) is 2.94. The van der Waals surface area contributed by atoms with E-state index in [1.165, 1.54) is 19.2 Å². The highest BCUT2D eigenvalue weighted by molar-refractivity contribution is 6.34. The van der Waals surface area contributed by atoms with E-state index in [0.29, 0.717) is 30.1 Å². The highest BCUT2D eigenvalue weighted by Gasteiger charge is 2.18. The molecule has 9 nitrogen and oxygen atoms in total. The Morgan fingerprint density at radius 1 is 1.14 bits per heavy atom. The highest BCUT2D eigenvalue weighted by Crippen LogP contribution is 2.26. The molecule has 0 aromatic heterocycles. The molecule has 0 aliphatic heterocycles. The smallest absolute Gasteiger partial charge is 0.270 e. The van der Waals surface area contributed by atoms with Crippen LogP contribution in [-0.2, 0) is 4.74 Å². The predicted molar refractivity (Wildman–Crippen MR) is 111 cm³/mol. The zero-order valence-corrected chi connectivity index (χ0v) is 16.9. The number of ether oxygens (including phenoxy) is 1. The fourth-order valence-electron chi connectivity index (χ4n) is 2.55. The first-order valence-corrected chi connectivity index (χ1v) is 8.96. The lowest BCUT2D eigenvalue weighted by atomic mass is 10.1. The van der Waals surface area contributed by atoms with Crippen molar-refractivity contribution in [3.8, 4) is 0 Å². The molecule has 0 saturated heterocycles. The van der Waals surface area contributed by atoms with E-state index in [1.807, 2.05) is 0 Å². The summed E-state index contributed by atoms with van der Waals surface area (Å²) in [6.45, 7) is 0.718. The molecular formula is C19H21ClN4O5. The summed E-state index contributed by atoms with van der Waals surface area (Å²) in [6.07, 6.45) is 0. The highest BCUT2D eigenvalue weighted by atomic mass is 35.5. The van der Waals surface area contributed by atoms with E-state index in [9.17, 15) is 19.7 Å². The minimum absolute atomic E-state index is 0.0425. The van der Waals surface area contributed by atoms with Crippen molar-refractivity contribution >= 4 is 40.5 Å². The number of hydrogen-bond acceptors (Lipinski definition) is 6. The van der Waals surface area contributed by atoms with Crippen LogP contribution in [0.3, 0.4) is 0 Å². The first kappa shape index (κ1) is 22.1. The van der Waals surface area contributed by atoms with Crippen molar-refractivity contribution in [3.63, 3.8) is 0 Å². The zero-order chi connectivity index (χ0) is 21.6. The third-order valence-corrected chi connectivity index (χ3v) is 4.29. The van der Waals surface area contributed by atoms with E-state index in [4.69, 9.17) is 16.3 Å². The number of hydrogen-bond donors (Lipinski definition) is 2. The maximum Gasteiger partial charge on any atom is 0.270 e. The molecule has 0 bridgehead atoms. The molecule has 0 unspecified atom stereocenters. The van der Waals surface area contributed by atoms with Gasteiger partial charge in [0.1, 0.15) is 0 Å². The molecule has 2 N–H and O–H groups in total. The molecule has 2 amide bonds. The van der Waals surface area contributed by atoms with Crippen molar-refractivity contribution in [1.29, 1.82) is 0 Å².